The molecule has 4 unspecified atom stereocenters. The Morgan fingerprint density at radius 1 is 1.26 bits per heavy atom. The van der Waals surface area contributed by atoms with Gasteiger partial charge < -0.3 is 9.84 Å². The summed E-state index contributed by atoms with van der Waals surface area (Å²) in [5.74, 6) is -1.55. The molecule has 0 aromatic rings. The Hall–Kier alpha value is -1.91. The Morgan fingerprint density at radius 2 is 1.96 bits per heavy atom. The van der Waals surface area contributed by atoms with E-state index in [0.29, 0.717) is 23.5 Å². The number of hydrogen-bond donors (Lipinski definition) is 1. The number of esters is 1. The first-order valence-corrected chi connectivity index (χ1v) is 8.08. The van der Waals surface area contributed by atoms with Gasteiger partial charge in [0.05, 0.1) is 0 Å². The Kier molecular flexibility index (Phi) is 2.64. The molecular formula is C18H20O5. The standard InChI is InChI=1S/C18H20O5/c1-17(2)5-10-11(6-17)18(3)7-12(19)13(18)8-4-9(15(20)21)16(22)23-14(8)10/h4,10-11,14H,5-7H2,1-3H3,(H,20,21). The topological polar surface area (TPSA) is 80.7 Å². The second-order valence-electron chi connectivity index (χ2n) is 8.38. The SMILES string of the molecule is CC1(C)CC2C3OC(=O)C(C(=O)O)=CC3=C3C(=O)CC3(C)C2C1. The van der Waals surface area contributed by atoms with Crippen LogP contribution in [-0.4, -0.2) is 28.9 Å². The summed E-state index contributed by atoms with van der Waals surface area (Å²) in [5.41, 5.74) is 0.903. The van der Waals surface area contributed by atoms with Crippen LogP contribution in [0.25, 0.3) is 0 Å². The van der Waals surface area contributed by atoms with Crippen molar-refractivity contribution < 1.29 is 24.2 Å². The zero-order valence-corrected chi connectivity index (χ0v) is 13.5. The quantitative estimate of drug-likeness (QED) is 0.593. The second kappa shape index (κ2) is 4.13. The molecule has 0 saturated heterocycles. The number of Topliss-reactive ketones (excluding diaryl/α,β-unsaturated/α-hetero) is 1. The summed E-state index contributed by atoms with van der Waals surface area (Å²) in [6, 6.07) is 0. The number of carbonyl (C=O) groups is 3. The van der Waals surface area contributed by atoms with Crippen LogP contribution in [0.1, 0.15) is 40.0 Å². The molecule has 4 aliphatic rings. The first kappa shape index (κ1) is 14.7. The van der Waals surface area contributed by atoms with E-state index in [1.54, 1.807) is 0 Å². The number of carboxylic acids is 1. The smallest absolute Gasteiger partial charge is 0.346 e. The summed E-state index contributed by atoms with van der Waals surface area (Å²) in [7, 11) is 0. The predicted octanol–water partition coefficient (Wildman–Crippen LogP) is 2.26. The molecule has 0 radical (unpaired) electrons. The molecule has 122 valence electrons. The fourth-order valence-corrected chi connectivity index (χ4v) is 5.38. The van der Waals surface area contributed by atoms with E-state index in [1.165, 1.54) is 6.08 Å². The van der Waals surface area contributed by atoms with Gasteiger partial charge >= 0.3 is 11.9 Å². The molecule has 4 atom stereocenters. The molecule has 0 aromatic carbocycles. The third-order valence-electron chi connectivity index (χ3n) is 6.24. The molecule has 2 saturated carbocycles. The molecule has 1 aliphatic heterocycles. The van der Waals surface area contributed by atoms with Gasteiger partial charge in [-0.15, -0.1) is 0 Å². The zero-order valence-electron chi connectivity index (χ0n) is 13.5. The molecule has 23 heavy (non-hydrogen) atoms. The summed E-state index contributed by atoms with van der Waals surface area (Å²) in [4.78, 5) is 35.5. The Balaban J connectivity index is 1.90. The van der Waals surface area contributed by atoms with Crippen molar-refractivity contribution >= 4 is 17.7 Å². The molecule has 1 heterocycles. The Bertz CT molecular complexity index is 726. The molecular weight excluding hydrogens is 296 g/mol. The minimum Gasteiger partial charge on any atom is -0.477 e. The highest BCUT2D eigenvalue weighted by Gasteiger charge is 2.63. The molecule has 0 spiro atoms. The number of hydrogen-bond acceptors (Lipinski definition) is 4. The van der Waals surface area contributed by atoms with Crippen LogP contribution in [0.4, 0.5) is 0 Å². The Labute approximate surface area is 134 Å². The van der Waals surface area contributed by atoms with Crippen molar-refractivity contribution in [2.45, 2.75) is 46.1 Å². The van der Waals surface area contributed by atoms with Gasteiger partial charge in [0, 0.05) is 28.9 Å². The van der Waals surface area contributed by atoms with E-state index in [0.717, 1.165) is 12.8 Å². The van der Waals surface area contributed by atoms with E-state index in [2.05, 4.69) is 20.8 Å². The van der Waals surface area contributed by atoms with E-state index in [-0.39, 0.29) is 28.1 Å². The molecule has 5 heteroatoms. The van der Waals surface area contributed by atoms with Crippen LogP contribution in [0, 0.1) is 22.7 Å². The van der Waals surface area contributed by atoms with Crippen molar-refractivity contribution in [3.05, 3.63) is 22.8 Å². The normalized spacial score (nSPS) is 40.5. The highest BCUT2D eigenvalue weighted by Crippen LogP contribution is 2.66. The zero-order chi connectivity index (χ0) is 16.7. The molecule has 4 rings (SSSR count). The fourth-order valence-electron chi connectivity index (χ4n) is 5.38. The van der Waals surface area contributed by atoms with Gasteiger partial charge in [-0.1, -0.05) is 20.8 Å². The molecule has 1 N–H and O–H groups in total. The molecule has 0 bridgehead atoms. The first-order chi connectivity index (χ1) is 10.6. The van der Waals surface area contributed by atoms with Gasteiger partial charge in [0.15, 0.2) is 5.78 Å². The van der Waals surface area contributed by atoms with Crippen LogP contribution in [0.15, 0.2) is 22.8 Å². The van der Waals surface area contributed by atoms with Crippen LogP contribution in [0.3, 0.4) is 0 Å². The minimum absolute atomic E-state index is 0.0644. The van der Waals surface area contributed by atoms with E-state index >= 15 is 0 Å². The molecule has 0 aromatic heterocycles. The lowest BCUT2D eigenvalue weighted by Gasteiger charge is -2.54. The summed E-state index contributed by atoms with van der Waals surface area (Å²) < 4.78 is 5.52. The second-order valence-corrected chi connectivity index (χ2v) is 8.38. The van der Waals surface area contributed by atoms with Gasteiger partial charge in [0.25, 0.3) is 0 Å². The predicted molar refractivity (Wildman–Crippen MR) is 80.4 cm³/mol. The first-order valence-electron chi connectivity index (χ1n) is 8.08. The largest absolute Gasteiger partial charge is 0.477 e. The van der Waals surface area contributed by atoms with Crippen molar-refractivity contribution in [1.82, 2.24) is 0 Å². The summed E-state index contributed by atoms with van der Waals surface area (Å²) >= 11 is 0. The number of carboxylic acid groups (broad SMARTS) is 1. The monoisotopic (exact) mass is 316 g/mol. The van der Waals surface area contributed by atoms with E-state index in [1.807, 2.05) is 0 Å². The third kappa shape index (κ3) is 1.76. The lowest BCUT2D eigenvalue weighted by atomic mass is 9.50. The average molecular weight is 316 g/mol. The fraction of sp³-hybridized carbons (Fsp3) is 0.611. The van der Waals surface area contributed by atoms with E-state index in [4.69, 9.17) is 4.74 Å². The van der Waals surface area contributed by atoms with Crippen LogP contribution in [0.5, 0.6) is 0 Å². The number of aliphatic carboxylic acids is 1. The van der Waals surface area contributed by atoms with Crippen LogP contribution < -0.4 is 0 Å². The van der Waals surface area contributed by atoms with Crippen molar-refractivity contribution in [2.24, 2.45) is 22.7 Å². The van der Waals surface area contributed by atoms with Gasteiger partial charge in [-0.2, -0.15) is 0 Å². The van der Waals surface area contributed by atoms with E-state index in [9.17, 15) is 19.5 Å². The van der Waals surface area contributed by atoms with Gasteiger partial charge in [-0.3, -0.25) is 4.79 Å². The number of fused-ring (bicyclic) bond motifs is 5. The molecule has 5 nitrogen and oxygen atoms in total. The van der Waals surface area contributed by atoms with Gasteiger partial charge in [-0.05, 0) is 30.3 Å². The number of ether oxygens (including phenoxy) is 1. The average Bonchev–Trinajstić information content (AvgIpc) is 2.75. The van der Waals surface area contributed by atoms with Crippen LogP contribution in [-0.2, 0) is 19.1 Å². The number of ketones is 1. The summed E-state index contributed by atoms with van der Waals surface area (Å²) in [5, 5.41) is 9.19. The summed E-state index contributed by atoms with van der Waals surface area (Å²) in [6.45, 7) is 6.52. The maximum absolute atomic E-state index is 12.3. The van der Waals surface area contributed by atoms with Gasteiger partial charge in [0.1, 0.15) is 11.7 Å². The Morgan fingerprint density at radius 3 is 2.57 bits per heavy atom. The number of allylic oxidation sites excluding steroid dienone is 1. The van der Waals surface area contributed by atoms with Crippen molar-refractivity contribution in [3.63, 3.8) is 0 Å². The minimum atomic E-state index is -1.30. The lowest BCUT2D eigenvalue weighted by molar-refractivity contribution is -0.154. The third-order valence-corrected chi connectivity index (χ3v) is 6.24. The molecule has 0 amide bonds. The van der Waals surface area contributed by atoms with Crippen molar-refractivity contribution in [1.29, 1.82) is 0 Å². The van der Waals surface area contributed by atoms with Crippen LogP contribution >= 0.6 is 0 Å². The van der Waals surface area contributed by atoms with Gasteiger partial charge in [0.2, 0.25) is 0 Å². The molecule has 3 aliphatic carbocycles. The van der Waals surface area contributed by atoms with Crippen LogP contribution in [0.2, 0.25) is 0 Å². The van der Waals surface area contributed by atoms with Crippen molar-refractivity contribution in [2.75, 3.05) is 0 Å². The lowest BCUT2D eigenvalue weighted by Crippen LogP contribution is -2.54. The maximum atomic E-state index is 12.3. The molecule has 2 fully saturated rings. The maximum Gasteiger partial charge on any atom is 0.346 e. The van der Waals surface area contributed by atoms with Crippen molar-refractivity contribution in [3.8, 4) is 0 Å². The highest BCUT2D eigenvalue weighted by molar-refractivity contribution is 6.15. The summed E-state index contributed by atoms with van der Waals surface area (Å²) in [6.07, 6.45) is 3.36. The van der Waals surface area contributed by atoms with E-state index < -0.39 is 18.0 Å². The highest BCUT2D eigenvalue weighted by atomic mass is 16.5. The number of rotatable bonds is 1. The van der Waals surface area contributed by atoms with Gasteiger partial charge in [-0.25, -0.2) is 9.59 Å². The number of carbonyl (C=O) groups excluding carboxylic acids is 2.